The number of rotatable bonds is 3. The minimum absolute atomic E-state index is 0.309. The second-order valence-electron chi connectivity index (χ2n) is 5.94. The lowest BCUT2D eigenvalue weighted by atomic mass is 9.95. The largest absolute Gasteiger partial charge is 0.508 e. The SMILES string of the molecule is C=CCc1cc(-c2ccc3ccc(O)c(C)c3c2)cc(C)c1O. The highest BCUT2D eigenvalue weighted by Gasteiger charge is 2.09. The van der Waals surface area contributed by atoms with Gasteiger partial charge in [0, 0.05) is 0 Å². The summed E-state index contributed by atoms with van der Waals surface area (Å²) in [6.45, 7) is 7.58. The maximum absolute atomic E-state index is 10.2. The van der Waals surface area contributed by atoms with Crippen LogP contribution in [-0.2, 0) is 6.42 Å². The monoisotopic (exact) mass is 304 g/mol. The van der Waals surface area contributed by atoms with E-state index in [0.717, 1.165) is 38.6 Å². The molecule has 3 aromatic carbocycles. The van der Waals surface area contributed by atoms with Crippen molar-refractivity contribution in [2.75, 3.05) is 0 Å². The third kappa shape index (κ3) is 2.68. The summed E-state index contributed by atoms with van der Waals surface area (Å²) in [5, 5.41) is 22.2. The molecule has 0 saturated carbocycles. The van der Waals surface area contributed by atoms with E-state index in [4.69, 9.17) is 0 Å². The number of phenols is 2. The van der Waals surface area contributed by atoms with Crippen molar-refractivity contribution >= 4 is 10.8 Å². The summed E-state index contributed by atoms with van der Waals surface area (Å²) in [5.41, 5.74) is 4.74. The van der Waals surface area contributed by atoms with E-state index >= 15 is 0 Å². The molecule has 0 radical (unpaired) electrons. The van der Waals surface area contributed by atoms with Gasteiger partial charge < -0.3 is 10.2 Å². The number of hydrogen-bond acceptors (Lipinski definition) is 2. The van der Waals surface area contributed by atoms with Crippen molar-refractivity contribution in [2.24, 2.45) is 0 Å². The average Bonchev–Trinajstić information content (AvgIpc) is 2.55. The standard InChI is InChI=1S/C21H20O2/c1-4-5-17-11-18(10-13(2)21(17)23)16-7-6-15-8-9-20(22)14(3)19(15)12-16/h4,6-12,22-23H,1,5H2,2-3H3. The van der Waals surface area contributed by atoms with Gasteiger partial charge in [-0.05, 0) is 83.1 Å². The van der Waals surface area contributed by atoms with Crippen molar-refractivity contribution in [2.45, 2.75) is 20.3 Å². The highest BCUT2D eigenvalue weighted by Crippen LogP contribution is 2.34. The van der Waals surface area contributed by atoms with E-state index < -0.39 is 0 Å². The molecule has 0 fully saturated rings. The van der Waals surface area contributed by atoms with E-state index in [-0.39, 0.29) is 0 Å². The lowest BCUT2D eigenvalue weighted by Crippen LogP contribution is -1.89. The molecular formula is C21H20O2. The highest BCUT2D eigenvalue weighted by molar-refractivity contribution is 5.91. The van der Waals surface area contributed by atoms with Crippen LogP contribution in [0.1, 0.15) is 16.7 Å². The van der Waals surface area contributed by atoms with Gasteiger partial charge in [-0.2, -0.15) is 0 Å². The normalized spacial score (nSPS) is 10.9. The number of benzene rings is 3. The number of phenolic OH excluding ortho intramolecular Hbond substituents is 2. The second kappa shape index (κ2) is 5.81. The fraction of sp³-hybridized carbons (Fsp3) is 0.143. The molecule has 0 unspecified atom stereocenters. The summed E-state index contributed by atoms with van der Waals surface area (Å²) < 4.78 is 0. The summed E-state index contributed by atoms with van der Waals surface area (Å²) in [7, 11) is 0. The van der Waals surface area contributed by atoms with Crippen LogP contribution in [0.4, 0.5) is 0 Å². The van der Waals surface area contributed by atoms with Gasteiger partial charge in [-0.3, -0.25) is 0 Å². The summed E-state index contributed by atoms with van der Waals surface area (Å²) in [6, 6.07) is 13.9. The van der Waals surface area contributed by atoms with E-state index in [0.29, 0.717) is 17.9 Å². The van der Waals surface area contributed by atoms with Crippen LogP contribution in [0, 0.1) is 13.8 Å². The molecule has 0 aliphatic heterocycles. The number of aryl methyl sites for hydroxylation is 2. The Kier molecular flexibility index (Phi) is 3.83. The van der Waals surface area contributed by atoms with Gasteiger partial charge in [0.25, 0.3) is 0 Å². The minimum atomic E-state index is 0.309. The second-order valence-corrected chi connectivity index (χ2v) is 5.94. The first-order valence-electron chi connectivity index (χ1n) is 7.67. The first kappa shape index (κ1) is 15.2. The molecule has 0 atom stereocenters. The summed E-state index contributed by atoms with van der Waals surface area (Å²) in [4.78, 5) is 0. The van der Waals surface area contributed by atoms with Crippen molar-refractivity contribution in [3.8, 4) is 22.6 Å². The lowest BCUT2D eigenvalue weighted by molar-refractivity contribution is 0.465. The van der Waals surface area contributed by atoms with Crippen LogP contribution in [0.5, 0.6) is 11.5 Å². The van der Waals surface area contributed by atoms with Gasteiger partial charge in [-0.25, -0.2) is 0 Å². The molecule has 0 spiro atoms. The molecule has 0 aliphatic rings. The minimum Gasteiger partial charge on any atom is -0.508 e. The van der Waals surface area contributed by atoms with Crippen LogP contribution >= 0.6 is 0 Å². The Morgan fingerprint density at radius 3 is 2.43 bits per heavy atom. The molecule has 3 rings (SSSR count). The summed E-state index contributed by atoms with van der Waals surface area (Å²) in [5.74, 6) is 0.646. The fourth-order valence-electron chi connectivity index (χ4n) is 2.97. The Morgan fingerprint density at radius 1 is 0.957 bits per heavy atom. The van der Waals surface area contributed by atoms with Crippen molar-refractivity contribution < 1.29 is 10.2 Å². The molecule has 116 valence electrons. The zero-order chi connectivity index (χ0) is 16.6. The lowest BCUT2D eigenvalue weighted by Gasteiger charge is -2.12. The maximum atomic E-state index is 10.2. The van der Waals surface area contributed by atoms with E-state index in [1.807, 2.05) is 32.0 Å². The van der Waals surface area contributed by atoms with Gasteiger partial charge in [0.1, 0.15) is 11.5 Å². The van der Waals surface area contributed by atoms with E-state index in [9.17, 15) is 10.2 Å². The molecule has 0 bridgehead atoms. The predicted octanol–water partition coefficient (Wildman–Crippen LogP) is 5.26. The smallest absolute Gasteiger partial charge is 0.122 e. The van der Waals surface area contributed by atoms with Crippen molar-refractivity contribution in [1.29, 1.82) is 0 Å². The molecule has 0 saturated heterocycles. The van der Waals surface area contributed by atoms with E-state index in [2.05, 4.69) is 24.8 Å². The molecule has 23 heavy (non-hydrogen) atoms. The van der Waals surface area contributed by atoms with Gasteiger partial charge in [-0.15, -0.1) is 6.58 Å². The fourth-order valence-corrected chi connectivity index (χ4v) is 2.97. The van der Waals surface area contributed by atoms with Crippen LogP contribution in [-0.4, -0.2) is 10.2 Å². The Labute approximate surface area is 136 Å². The van der Waals surface area contributed by atoms with Crippen LogP contribution in [0.25, 0.3) is 21.9 Å². The van der Waals surface area contributed by atoms with Crippen LogP contribution in [0.3, 0.4) is 0 Å². The maximum Gasteiger partial charge on any atom is 0.122 e. The van der Waals surface area contributed by atoms with Crippen molar-refractivity contribution in [3.63, 3.8) is 0 Å². The van der Waals surface area contributed by atoms with Gasteiger partial charge >= 0.3 is 0 Å². The number of fused-ring (bicyclic) bond motifs is 1. The van der Waals surface area contributed by atoms with Gasteiger partial charge in [-0.1, -0.05) is 24.3 Å². The molecule has 0 amide bonds. The predicted molar refractivity (Wildman–Crippen MR) is 96.1 cm³/mol. The van der Waals surface area contributed by atoms with Crippen LogP contribution < -0.4 is 0 Å². The summed E-state index contributed by atoms with van der Waals surface area (Å²) in [6.07, 6.45) is 2.43. The third-order valence-electron chi connectivity index (χ3n) is 4.34. The highest BCUT2D eigenvalue weighted by atomic mass is 16.3. The molecule has 2 heteroatoms. The first-order valence-corrected chi connectivity index (χ1v) is 7.67. The Morgan fingerprint density at radius 2 is 1.70 bits per heavy atom. The van der Waals surface area contributed by atoms with E-state index in [1.165, 1.54) is 0 Å². The first-order chi connectivity index (χ1) is 11.0. The molecule has 3 aromatic rings. The zero-order valence-corrected chi connectivity index (χ0v) is 13.4. The Balaban J connectivity index is 2.20. The quantitative estimate of drug-likeness (QED) is 0.648. The number of allylic oxidation sites excluding steroid dienone is 1. The van der Waals surface area contributed by atoms with Crippen molar-refractivity contribution in [1.82, 2.24) is 0 Å². The molecule has 0 aromatic heterocycles. The Bertz CT molecular complexity index is 907. The molecule has 0 aliphatic carbocycles. The van der Waals surface area contributed by atoms with Crippen LogP contribution in [0.15, 0.2) is 55.1 Å². The van der Waals surface area contributed by atoms with Gasteiger partial charge in [0.2, 0.25) is 0 Å². The van der Waals surface area contributed by atoms with Gasteiger partial charge in [0.05, 0.1) is 0 Å². The van der Waals surface area contributed by atoms with Gasteiger partial charge in [0.15, 0.2) is 0 Å². The molecule has 0 heterocycles. The Hall–Kier alpha value is -2.74. The van der Waals surface area contributed by atoms with Crippen LogP contribution in [0.2, 0.25) is 0 Å². The van der Waals surface area contributed by atoms with Crippen molar-refractivity contribution in [3.05, 3.63) is 71.8 Å². The number of aromatic hydroxyl groups is 2. The average molecular weight is 304 g/mol. The zero-order valence-electron chi connectivity index (χ0n) is 13.4. The van der Waals surface area contributed by atoms with E-state index in [1.54, 1.807) is 12.1 Å². The number of hydrogen-bond donors (Lipinski definition) is 2. The molecule has 2 nitrogen and oxygen atoms in total. The summed E-state index contributed by atoms with van der Waals surface area (Å²) >= 11 is 0. The molecule has 2 N–H and O–H groups in total. The molecular weight excluding hydrogens is 284 g/mol. The third-order valence-corrected chi connectivity index (χ3v) is 4.34. The topological polar surface area (TPSA) is 40.5 Å².